The number of hydrogen-bond acceptors (Lipinski definition) is 4. The van der Waals surface area contributed by atoms with Crippen molar-refractivity contribution >= 4 is 28.3 Å². The van der Waals surface area contributed by atoms with Crippen LogP contribution in [0.3, 0.4) is 0 Å². The molecule has 0 spiro atoms. The van der Waals surface area contributed by atoms with E-state index in [4.69, 9.17) is 17.3 Å². The largest absolute Gasteiger partial charge is 0.399 e. The van der Waals surface area contributed by atoms with E-state index in [2.05, 4.69) is 20.7 Å². The van der Waals surface area contributed by atoms with Crippen LogP contribution in [0.25, 0.3) is 22.2 Å². The van der Waals surface area contributed by atoms with Crippen LogP contribution in [-0.2, 0) is 0 Å². The van der Waals surface area contributed by atoms with Crippen LogP contribution < -0.4 is 5.73 Å². The fraction of sp³-hybridized carbons (Fsp3) is 0.333. The molecule has 1 aromatic carbocycles. The van der Waals surface area contributed by atoms with E-state index in [-0.39, 0.29) is 6.10 Å². The van der Waals surface area contributed by atoms with Crippen molar-refractivity contribution in [1.82, 2.24) is 14.5 Å². The van der Waals surface area contributed by atoms with Crippen LogP contribution in [0, 0.1) is 0 Å². The van der Waals surface area contributed by atoms with Crippen LogP contribution in [0.5, 0.6) is 0 Å². The van der Waals surface area contributed by atoms with Crippen LogP contribution in [0.4, 0.5) is 5.69 Å². The third kappa shape index (κ3) is 2.64. The Morgan fingerprint density at radius 2 is 1.79 bits per heavy atom. The number of aliphatic hydroxyl groups is 1. The third-order valence-electron chi connectivity index (χ3n) is 4.84. The monoisotopic (exact) mass is 342 g/mol. The van der Waals surface area contributed by atoms with Crippen LogP contribution in [0.2, 0.25) is 5.15 Å². The number of nitrogens with zero attached hydrogens (tertiary/aromatic N) is 3. The number of aliphatic hydroxyl groups excluding tert-OH is 1. The topological polar surface area (TPSA) is 77.0 Å². The number of aromatic nitrogens is 3. The van der Waals surface area contributed by atoms with Crippen molar-refractivity contribution in [3.8, 4) is 11.1 Å². The van der Waals surface area contributed by atoms with E-state index in [0.29, 0.717) is 11.2 Å². The molecule has 3 aromatic rings. The summed E-state index contributed by atoms with van der Waals surface area (Å²) in [5.41, 5.74) is 9.44. The Balaban J connectivity index is 1.87. The molecule has 1 aliphatic carbocycles. The summed E-state index contributed by atoms with van der Waals surface area (Å²) in [6, 6.07) is 8.06. The predicted octanol–water partition coefficient (Wildman–Crippen LogP) is 3.81. The first-order valence-corrected chi connectivity index (χ1v) is 8.56. The van der Waals surface area contributed by atoms with Crippen molar-refractivity contribution in [3.63, 3.8) is 0 Å². The molecule has 5 nitrogen and oxygen atoms in total. The number of nitrogens with two attached hydrogens (primary N) is 1. The first-order chi connectivity index (χ1) is 11.6. The molecule has 1 aliphatic rings. The van der Waals surface area contributed by atoms with E-state index in [1.165, 1.54) is 6.33 Å². The summed E-state index contributed by atoms with van der Waals surface area (Å²) in [6.45, 7) is 0. The molecule has 0 unspecified atom stereocenters. The zero-order valence-corrected chi connectivity index (χ0v) is 13.9. The maximum absolute atomic E-state index is 9.77. The highest BCUT2D eigenvalue weighted by molar-refractivity contribution is 6.35. The van der Waals surface area contributed by atoms with Gasteiger partial charge in [-0.1, -0.05) is 23.7 Å². The molecule has 24 heavy (non-hydrogen) atoms. The number of nitrogen functional groups attached to an aromatic ring is 1. The van der Waals surface area contributed by atoms with Crippen molar-refractivity contribution in [1.29, 1.82) is 0 Å². The predicted molar refractivity (Wildman–Crippen MR) is 95.9 cm³/mol. The summed E-state index contributed by atoms with van der Waals surface area (Å²) >= 11 is 6.39. The molecule has 0 atom stereocenters. The van der Waals surface area contributed by atoms with Crippen molar-refractivity contribution in [3.05, 3.63) is 41.9 Å². The van der Waals surface area contributed by atoms with Gasteiger partial charge in [0.05, 0.1) is 11.5 Å². The second-order valence-corrected chi connectivity index (χ2v) is 6.76. The summed E-state index contributed by atoms with van der Waals surface area (Å²) in [5.74, 6) is 0. The van der Waals surface area contributed by atoms with Gasteiger partial charge in [0, 0.05) is 23.5 Å². The number of hydrogen-bond donors (Lipinski definition) is 2. The van der Waals surface area contributed by atoms with Crippen molar-refractivity contribution < 1.29 is 5.11 Å². The zero-order chi connectivity index (χ0) is 16.7. The van der Waals surface area contributed by atoms with Gasteiger partial charge in [-0.05, 0) is 43.4 Å². The molecule has 0 amide bonds. The second kappa shape index (κ2) is 6.07. The highest BCUT2D eigenvalue weighted by atomic mass is 35.5. The quantitative estimate of drug-likeness (QED) is 0.548. The molecular formula is C18H19ClN4O. The minimum absolute atomic E-state index is 0.183. The number of fused-ring (bicyclic) bond motifs is 1. The number of benzene rings is 1. The minimum Gasteiger partial charge on any atom is -0.399 e. The van der Waals surface area contributed by atoms with Crippen LogP contribution >= 0.6 is 11.6 Å². The van der Waals surface area contributed by atoms with Gasteiger partial charge >= 0.3 is 0 Å². The molecule has 1 fully saturated rings. The fourth-order valence-corrected chi connectivity index (χ4v) is 3.77. The number of halogens is 1. The first-order valence-electron chi connectivity index (χ1n) is 8.18. The van der Waals surface area contributed by atoms with Crippen LogP contribution in [0.15, 0.2) is 36.8 Å². The van der Waals surface area contributed by atoms with Gasteiger partial charge in [-0.2, -0.15) is 0 Å². The summed E-state index contributed by atoms with van der Waals surface area (Å²) in [6.07, 6.45) is 6.95. The molecule has 0 bridgehead atoms. The molecular weight excluding hydrogens is 324 g/mol. The van der Waals surface area contributed by atoms with Gasteiger partial charge in [-0.3, -0.25) is 0 Å². The minimum atomic E-state index is -0.183. The molecule has 2 aromatic heterocycles. The summed E-state index contributed by atoms with van der Waals surface area (Å²) in [5, 5.41) is 11.1. The lowest BCUT2D eigenvalue weighted by atomic mass is 9.93. The van der Waals surface area contributed by atoms with Crippen molar-refractivity contribution in [2.24, 2.45) is 0 Å². The van der Waals surface area contributed by atoms with E-state index in [0.717, 1.165) is 53.5 Å². The Labute approximate surface area is 145 Å². The molecule has 124 valence electrons. The average molecular weight is 343 g/mol. The molecule has 2 heterocycles. The normalized spacial score (nSPS) is 21.2. The Morgan fingerprint density at radius 3 is 2.50 bits per heavy atom. The number of rotatable bonds is 2. The molecule has 6 heteroatoms. The maximum atomic E-state index is 9.77. The number of anilines is 1. The maximum Gasteiger partial charge on any atom is 0.145 e. The Morgan fingerprint density at radius 1 is 1.08 bits per heavy atom. The molecule has 1 saturated carbocycles. The lowest BCUT2D eigenvalue weighted by Crippen LogP contribution is -2.20. The van der Waals surface area contributed by atoms with Gasteiger partial charge in [0.15, 0.2) is 0 Å². The third-order valence-corrected chi connectivity index (χ3v) is 5.13. The van der Waals surface area contributed by atoms with E-state index in [9.17, 15) is 5.11 Å². The summed E-state index contributed by atoms with van der Waals surface area (Å²) in [4.78, 5) is 8.64. The van der Waals surface area contributed by atoms with E-state index in [1.807, 2.05) is 24.3 Å². The van der Waals surface area contributed by atoms with Crippen LogP contribution in [0.1, 0.15) is 31.7 Å². The first kappa shape index (κ1) is 15.4. The SMILES string of the molecule is Nc1ccc(-c2cn([C@H]3CC[C@H](O)CC3)c3ncnc(Cl)c23)cc1. The van der Waals surface area contributed by atoms with Gasteiger partial charge in [-0.25, -0.2) is 9.97 Å². The smallest absolute Gasteiger partial charge is 0.145 e. The molecule has 4 rings (SSSR count). The highest BCUT2D eigenvalue weighted by Crippen LogP contribution is 2.38. The van der Waals surface area contributed by atoms with Crippen molar-refractivity contribution in [2.45, 2.75) is 37.8 Å². The Bertz CT molecular complexity index is 867. The fourth-order valence-electron chi connectivity index (χ4n) is 3.54. The van der Waals surface area contributed by atoms with Gasteiger partial charge < -0.3 is 15.4 Å². The molecule has 0 saturated heterocycles. The Kier molecular flexibility index (Phi) is 3.90. The van der Waals surface area contributed by atoms with Crippen LogP contribution in [-0.4, -0.2) is 25.7 Å². The Hall–Kier alpha value is -2.11. The zero-order valence-electron chi connectivity index (χ0n) is 13.2. The van der Waals surface area contributed by atoms with E-state index in [1.54, 1.807) is 0 Å². The van der Waals surface area contributed by atoms with Gasteiger partial charge in [0.2, 0.25) is 0 Å². The van der Waals surface area contributed by atoms with E-state index >= 15 is 0 Å². The average Bonchev–Trinajstić information content (AvgIpc) is 2.97. The molecule has 0 aliphatic heterocycles. The highest BCUT2D eigenvalue weighted by Gasteiger charge is 2.24. The van der Waals surface area contributed by atoms with Gasteiger partial charge in [-0.15, -0.1) is 0 Å². The summed E-state index contributed by atoms with van der Waals surface area (Å²) < 4.78 is 2.19. The second-order valence-electron chi connectivity index (χ2n) is 6.40. The van der Waals surface area contributed by atoms with Crippen molar-refractivity contribution in [2.75, 3.05) is 5.73 Å². The standard InChI is InChI=1S/C18H19ClN4O/c19-17-16-15(11-1-3-12(20)4-2-11)9-23(18(16)22-10-21-17)13-5-7-14(24)8-6-13/h1-4,9-10,13-14,24H,5-8,20H2/t13-,14-. The lowest BCUT2D eigenvalue weighted by Gasteiger charge is -2.27. The summed E-state index contributed by atoms with van der Waals surface area (Å²) in [7, 11) is 0. The van der Waals surface area contributed by atoms with Gasteiger partial charge in [0.1, 0.15) is 17.1 Å². The van der Waals surface area contributed by atoms with E-state index < -0.39 is 0 Å². The molecule has 3 N–H and O–H groups in total. The molecule has 0 radical (unpaired) electrons. The van der Waals surface area contributed by atoms with Gasteiger partial charge in [0.25, 0.3) is 0 Å². The lowest BCUT2D eigenvalue weighted by molar-refractivity contribution is 0.111.